The molecule has 1 unspecified atom stereocenters. The standard InChI is InChI=1S/C17H23N3OS/c1-16(2)11-17(3,21)20(15(22)19-16)9-8-12-10-18-14-7-5-4-6-13(12)14/h4-7,10,18,21H,8-9,11H2,1-3H3,(H,19,22). The van der Waals surface area contributed by atoms with E-state index in [0.29, 0.717) is 18.1 Å². The molecule has 1 aliphatic rings. The van der Waals surface area contributed by atoms with E-state index >= 15 is 0 Å². The Morgan fingerprint density at radius 2 is 2.00 bits per heavy atom. The minimum absolute atomic E-state index is 0.183. The van der Waals surface area contributed by atoms with Gasteiger partial charge >= 0.3 is 0 Å². The highest BCUT2D eigenvalue weighted by atomic mass is 32.1. The Balaban J connectivity index is 1.77. The molecule has 2 aromatic rings. The van der Waals surface area contributed by atoms with Crippen LogP contribution in [0.25, 0.3) is 10.9 Å². The lowest BCUT2D eigenvalue weighted by atomic mass is 9.90. The van der Waals surface area contributed by atoms with Crippen LogP contribution in [-0.2, 0) is 6.42 Å². The smallest absolute Gasteiger partial charge is 0.171 e. The van der Waals surface area contributed by atoms with Crippen LogP contribution in [0, 0.1) is 0 Å². The zero-order valence-corrected chi connectivity index (χ0v) is 14.1. The molecule has 4 nitrogen and oxygen atoms in total. The van der Waals surface area contributed by atoms with Gasteiger partial charge in [-0.2, -0.15) is 0 Å². The van der Waals surface area contributed by atoms with Gasteiger partial charge in [-0.05, 0) is 51.0 Å². The number of aromatic nitrogens is 1. The average Bonchev–Trinajstić information content (AvgIpc) is 2.79. The third-order valence-corrected chi connectivity index (χ3v) is 4.65. The number of nitrogens with one attached hydrogen (secondary N) is 2. The zero-order valence-electron chi connectivity index (χ0n) is 13.3. The Labute approximate surface area is 136 Å². The molecular weight excluding hydrogens is 294 g/mol. The predicted molar refractivity (Wildman–Crippen MR) is 93.8 cm³/mol. The quantitative estimate of drug-likeness (QED) is 0.762. The molecule has 0 saturated carbocycles. The van der Waals surface area contributed by atoms with Gasteiger partial charge in [0.2, 0.25) is 0 Å². The molecular formula is C17H23N3OS. The number of rotatable bonds is 3. The number of aromatic amines is 1. The minimum Gasteiger partial charge on any atom is -0.371 e. The number of fused-ring (bicyclic) bond motifs is 1. The van der Waals surface area contributed by atoms with Gasteiger partial charge in [-0.3, -0.25) is 0 Å². The van der Waals surface area contributed by atoms with Gasteiger partial charge in [0.15, 0.2) is 5.11 Å². The van der Waals surface area contributed by atoms with E-state index in [9.17, 15) is 5.11 Å². The maximum atomic E-state index is 10.8. The van der Waals surface area contributed by atoms with Crippen molar-refractivity contribution in [3.05, 3.63) is 36.0 Å². The summed E-state index contributed by atoms with van der Waals surface area (Å²) < 4.78 is 0. The number of benzene rings is 1. The van der Waals surface area contributed by atoms with Gasteiger partial charge in [0.25, 0.3) is 0 Å². The molecule has 1 saturated heterocycles. The Hall–Kier alpha value is -1.59. The van der Waals surface area contributed by atoms with Crippen LogP contribution in [0.4, 0.5) is 0 Å². The summed E-state index contributed by atoms with van der Waals surface area (Å²) >= 11 is 5.46. The monoisotopic (exact) mass is 317 g/mol. The van der Waals surface area contributed by atoms with E-state index < -0.39 is 5.72 Å². The summed E-state index contributed by atoms with van der Waals surface area (Å²) in [5, 5.41) is 16.0. The second-order valence-corrected chi connectivity index (χ2v) is 7.36. The maximum absolute atomic E-state index is 10.8. The van der Waals surface area contributed by atoms with Crippen LogP contribution >= 0.6 is 12.2 Å². The van der Waals surface area contributed by atoms with E-state index in [1.165, 1.54) is 10.9 Å². The second kappa shape index (κ2) is 5.25. The molecule has 0 amide bonds. The number of nitrogens with zero attached hydrogens (tertiary/aromatic N) is 1. The molecule has 118 valence electrons. The van der Waals surface area contributed by atoms with Crippen LogP contribution in [0.5, 0.6) is 0 Å². The van der Waals surface area contributed by atoms with Crippen molar-refractivity contribution in [2.24, 2.45) is 0 Å². The van der Waals surface area contributed by atoms with Crippen molar-refractivity contribution in [1.82, 2.24) is 15.2 Å². The van der Waals surface area contributed by atoms with Crippen LogP contribution in [0.1, 0.15) is 32.8 Å². The first-order valence-electron chi connectivity index (χ1n) is 7.66. The molecule has 0 aliphatic carbocycles. The Morgan fingerprint density at radius 3 is 2.73 bits per heavy atom. The zero-order chi connectivity index (χ0) is 16.0. The number of aliphatic hydroxyl groups is 1. The van der Waals surface area contributed by atoms with Crippen molar-refractivity contribution in [2.75, 3.05) is 6.54 Å². The molecule has 5 heteroatoms. The Kier molecular flexibility index (Phi) is 3.65. The Morgan fingerprint density at radius 1 is 1.27 bits per heavy atom. The summed E-state index contributed by atoms with van der Waals surface area (Å²) in [4.78, 5) is 5.19. The predicted octanol–water partition coefficient (Wildman–Crippen LogP) is 2.78. The van der Waals surface area contributed by atoms with Crippen LogP contribution in [0.2, 0.25) is 0 Å². The first-order valence-corrected chi connectivity index (χ1v) is 8.06. The second-order valence-electron chi connectivity index (χ2n) is 6.97. The molecule has 1 aromatic carbocycles. The van der Waals surface area contributed by atoms with Crippen molar-refractivity contribution in [3.63, 3.8) is 0 Å². The molecule has 3 rings (SSSR count). The summed E-state index contributed by atoms with van der Waals surface area (Å²) in [5.41, 5.74) is 1.29. The molecule has 1 fully saturated rings. The van der Waals surface area contributed by atoms with E-state index in [2.05, 4.69) is 36.3 Å². The fourth-order valence-corrected chi connectivity index (χ4v) is 4.03. The van der Waals surface area contributed by atoms with Crippen molar-refractivity contribution < 1.29 is 5.11 Å². The highest BCUT2D eigenvalue weighted by Crippen LogP contribution is 2.30. The summed E-state index contributed by atoms with van der Waals surface area (Å²) in [6.45, 7) is 6.66. The average molecular weight is 317 g/mol. The van der Waals surface area contributed by atoms with Crippen molar-refractivity contribution in [1.29, 1.82) is 0 Å². The van der Waals surface area contributed by atoms with Crippen LogP contribution < -0.4 is 5.32 Å². The number of hydrogen-bond donors (Lipinski definition) is 3. The van der Waals surface area contributed by atoms with E-state index in [1.54, 1.807) is 0 Å². The summed E-state index contributed by atoms with van der Waals surface area (Å²) in [7, 11) is 0. The van der Waals surface area contributed by atoms with E-state index in [0.717, 1.165) is 11.9 Å². The molecule has 22 heavy (non-hydrogen) atoms. The highest BCUT2D eigenvalue weighted by Gasteiger charge is 2.42. The van der Waals surface area contributed by atoms with Crippen LogP contribution in [0.3, 0.4) is 0 Å². The number of hydrogen-bond acceptors (Lipinski definition) is 2. The lowest BCUT2D eigenvalue weighted by Crippen LogP contribution is -2.66. The number of H-pyrrole nitrogens is 1. The van der Waals surface area contributed by atoms with Gasteiger partial charge in [0.05, 0.1) is 0 Å². The van der Waals surface area contributed by atoms with Gasteiger partial charge in [-0.1, -0.05) is 18.2 Å². The summed E-state index contributed by atoms with van der Waals surface area (Å²) in [5.74, 6) is 0. The largest absolute Gasteiger partial charge is 0.371 e. The minimum atomic E-state index is -0.919. The van der Waals surface area contributed by atoms with E-state index in [1.807, 2.05) is 30.2 Å². The third-order valence-electron chi connectivity index (χ3n) is 4.33. The topological polar surface area (TPSA) is 51.3 Å². The molecule has 1 atom stereocenters. The fraction of sp³-hybridized carbons (Fsp3) is 0.471. The molecule has 3 N–H and O–H groups in total. The molecule has 0 spiro atoms. The molecule has 0 bridgehead atoms. The fourth-order valence-electron chi connectivity index (χ4n) is 3.47. The SMILES string of the molecule is CC1(C)CC(C)(O)N(CCc2c[nH]c3ccccc23)C(=S)N1. The first-order chi connectivity index (χ1) is 10.3. The van der Waals surface area contributed by atoms with E-state index in [4.69, 9.17) is 12.2 Å². The Bertz CT molecular complexity index is 705. The van der Waals surface area contributed by atoms with Crippen molar-refractivity contribution in [2.45, 2.75) is 44.9 Å². The van der Waals surface area contributed by atoms with Crippen LogP contribution in [-0.4, -0.2) is 37.9 Å². The third kappa shape index (κ3) is 2.83. The van der Waals surface area contributed by atoms with Gasteiger partial charge in [-0.15, -0.1) is 0 Å². The van der Waals surface area contributed by atoms with Gasteiger partial charge in [-0.25, -0.2) is 0 Å². The van der Waals surface area contributed by atoms with Gasteiger partial charge < -0.3 is 20.3 Å². The normalized spacial score (nSPS) is 24.5. The first kappa shape index (κ1) is 15.3. The number of para-hydroxylation sites is 1. The lowest BCUT2D eigenvalue weighted by Gasteiger charge is -2.49. The van der Waals surface area contributed by atoms with Crippen molar-refractivity contribution >= 4 is 28.2 Å². The molecule has 2 heterocycles. The lowest BCUT2D eigenvalue weighted by molar-refractivity contribution is -0.0876. The van der Waals surface area contributed by atoms with Crippen LogP contribution in [0.15, 0.2) is 30.5 Å². The van der Waals surface area contributed by atoms with Gasteiger partial charge in [0.1, 0.15) is 5.72 Å². The summed E-state index contributed by atoms with van der Waals surface area (Å²) in [6.07, 6.45) is 3.51. The van der Waals surface area contributed by atoms with Gasteiger partial charge in [0, 0.05) is 35.6 Å². The maximum Gasteiger partial charge on any atom is 0.171 e. The number of thiocarbonyl (C=S) groups is 1. The summed E-state index contributed by atoms with van der Waals surface area (Å²) in [6, 6.07) is 8.27. The van der Waals surface area contributed by atoms with Crippen molar-refractivity contribution in [3.8, 4) is 0 Å². The molecule has 1 aromatic heterocycles. The highest BCUT2D eigenvalue weighted by molar-refractivity contribution is 7.80. The molecule has 1 aliphatic heterocycles. The molecule has 0 radical (unpaired) electrons. The van der Waals surface area contributed by atoms with E-state index in [-0.39, 0.29) is 5.54 Å².